The van der Waals surface area contributed by atoms with E-state index in [1.54, 1.807) is 6.92 Å². The molecule has 0 amide bonds. The Hall–Kier alpha value is -2.93. The monoisotopic (exact) mass is 396 g/mol. The summed E-state index contributed by atoms with van der Waals surface area (Å²) in [6.07, 6.45) is 5.43. The fraction of sp³-hybridized carbons (Fsp3) is 0.286. The Balaban J connectivity index is 1.68. The van der Waals surface area contributed by atoms with E-state index >= 15 is 0 Å². The Bertz CT molecular complexity index is 1020. The second-order valence-electron chi connectivity index (χ2n) is 6.45. The lowest BCUT2D eigenvalue weighted by Gasteiger charge is -2.11. The number of hydrogen-bond acceptors (Lipinski definition) is 7. The molecule has 0 saturated carbocycles. The van der Waals surface area contributed by atoms with Crippen LogP contribution in [0.3, 0.4) is 0 Å². The Labute approximate surface area is 166 Å². The van der Waals surface area contributed by atoms with E-state index in [9.17, 15) is 9.90 Å². The van der Waals surface area contributed by atoms with Crippen molar-refractivity contribution in [2.45, 2.75) is 32.6 Å². The van der Waals surface area contributed by atoms with E-state index in [2.05, 4.69) is 9.98 Å². The third-order valence-electron chi connectivity index (χ3n) is 4.59. The molecule has 0 saturated heterocycles. The topological polar surface area (TPSA) is 84.9 Å². The minimum atomic E-state index is -0.344. The summed E-state index contributed by atoms with van der Waals surface area (Å²) in [6.45, 7) is 2.11. The number of esters is 1. The van der Waals surface area contributed by atoms with E-state index < -0.39 is 0 Å². The van der Waals surface area contributed by atoms with Crippen LogP contribution in [0.25, 0.3) is 11.5 Å². The maximum Gasteiger partial charge on any atom is 0.341 e. The highest BCUT2D eigenvalue weighted by molar-refractivity contribution is 7.16. The van der Waals surface area contributed by atoms with E-state index in [0.29, 0.717) is 23.1 Å². The van der Waals surface area contributed by atoms with Gasteiger partial charge >= 0.3 is 11.9 Å². The second-order valence-corrected chi connectivity index (χ2v) is 7.53. The van der Waals surface area contributed by atoms with Gasteiger partial charge in [0.2, 0.25) is 5.89 Å². The molecule has 144 valence electrons. The number of benzene rings is 1. The van der Waals surface area contributed by atoms with E-state index in [4.69, 9.17) is 9.15 Å². The number of fused-ring (bicyclic) bond motifs is 1. The van der Waals surface area contributed by atoms with E-state index in [0.717, 1.165) is 36.8 Å². The summed E-state index contributed by atoms with van der Waals surface area (Å²) in [5.74, 6) is -0.333. The van der Waals surface area contributed by atoms with Crippen LogP contribution < -0.4 is 0 Å². The molecule has 2 heterocycles. The highest BCUT2D eigenvalue weighted by atomic mass is 32.1. The van der Waals surface area contributed by atoms with Crippen LogP contribution in [0, 0.1) is 0 Å². The average Bonchev–Trinajstić information content (AvgIpc) is 3.27. The first-order valence-electron chi connectivity index (χ1n) is 9.28. The maximum atomic E-state index is 12.5. The lowest BCUT2D eigenvalue weighted by atomic mass is 9.95. The van der Waals surface area contributed by atoms with Gasteiger partial charge in [0, 0.05) is 10.4 Å². The first-order chi connectivity index (χ1) is 13.7. The fourth-order valence-corrected chi connectivity index (χ4v) is 4.51. The van der Waals surface area contributed by atoms with Crippen LogP contribution in [0.1, 0.15) is 46.3 Å². The fourth-order valence-electron chi connectivity index (χ4n) is 3.29. The summed E-state index contributed by atoms with van der Waals surface area (Å²) in [7, 11) is 0. The van der Waals surface area contributed by atoms with Gasteiger partial charge in [0.05, 0.1) is 18.4 Å². The number of carbonyl (C=O) groups excluding carboxylic acids is 1. The van der Waals surface area contributed by atoms with Gasteiger partial charge in [-0.2, -0.15) is 0 Å². The minimum Gasteiger partial charge on any atom is -0.479 e. The van der Waals surface area contributed by atoms with Gasteiger partial charge in [-0.05, 0) is 50.3 Å². The van der Waals surface area contributed by atoms with Crippen LogP contribution in [0.2, 0.25) is 0 Å². The van der Waals surface area contributed by atoms with E-state index in [1.165, 1.54) is 22.4 Å². The molecule has 1 aromatic carbocycles. The van der Waals surface area contributed by atoms with Crippen LogP contribution in [-0.4, -0.2) is 28.9 Å². The molecular formula is C21H20N2O4S. The number of aromatic hydroxyl groups is 1. The Morgan fingerprint density at radius 3 is 2.89 bits per heavy atom. The number of nitrogens with zero attached hydrogens (tertiary/aromatic N) is 2. The normalized spacial score (nSPS) is 13.6. The molecule has 2 aromatic heterocycles. The zero-order valence-electron chi connectivity index (χ0n) is 15.5. The lowest BCUT2D eigenvalue weighted by Crippen LogP contribution is -2.09. The number of oxazole rings is 1. The molecule has 4 rings (SSSR count). The number of carbonyl (C=O) groups is 1. The zero-order valence-corrected chi connectivity index (χ0v) is 16.3. The summed E-state index contributed by atoms with van der Waals surface area (Å²) >= 11 is 1.51. The van der Waals surface area contributed by atoms with Crippen molar-refractivity contribution < 1.29 is 19.1 Å². The van der Waals surface area contributed by atoms with Crippen molar-refractivity contribution in [1.29, 1.82) is 0 Å². The molecule has 1 N–H and O–H groups in total. The third kappa shape index (κ3) is 3.57. The van der Waals surface area contributed by atoms with Gasteiger partial charge in [0.1, 0.15) is 5.00 Å². The molecular weight excluding hydrogens is 376 g/mol. The number of aryl methyl sites for hydroxylation is 1. The minimum absolute atomic E-state index is 0.222. The molecule has 7 heteroatoms. The zero-order chi connectivity index (χ0) is 19.5. The largest absolute Gasteiger partial charge is 0.479 e. The van der Waals surface area contributed by atoms with E-state index in [1.807, 2.05) is 30.3 Å². The van der Waals surface area contributed by atoms with Gasteiger partial charge in [-0.1, -0.05) is 18.2 Å². The summed E-state index contributed by atoms with van der Waals surface area (Å²) in [5.41, 5.74) is 2.58. The van der Waals surface area contributed by atoms with Crippen molar-refractivity contribution >= 4 is 28.5 Å². The van der Waals surface area contributed by atoms with Crippen molar-refractivity contribution in [3.63, 3.8) is 0 Å². The predicted octanol–water partition coefficient (Wildman–Crippen LogP) is 4.91. The second kappa shape index (κ2) is 7.98. The summed E-state index contributed by atoms with van der Waals surface area (Å²) in [5, 5.41) is 10.7. The highest BCUT2D eigenvalue weighted by Crippen LogP contribution is 2.40. The van der Waals surface area contributed by atoms with Gasteiger partial charge in [0.25, 0.3) is 0 Å². The van der Waals surface area contributed by atoms with E-state index in [-0.39, 0.29) is 17.6 Å². The molecule has 1 aliphatic rings. The van der Waals surface area contributed by atoms with Crippen molar-refractivity contribution in [3.8, 4) is 17.4 Å². The first kappa shape index (κ1) is 18.4. The van der Waals surface area contributed by atoms with Crippen LogP contribution in [0.5, 0.6) is 5.95 Å². The lowest BCUT2D eigenvalue weighted by molar-refractivity contribution is 0.0526. The molecule has 1 aliphatic carbocycles. The third-order valence-corrected chi connectivity index (χ3v) is 5.79. The Morgan fingerprint density at radius 1 is 1.32 bits per heavy atom. The molecule has 3 aromatic rings. The molecule has 0 unspecified atom stereocenters. The van der Waals surface area contributed by atoms with Crippen molar-refractivity contribution in [2.24, 2.45) is 4.99 Å². The van der Waals surface area contributed by atoms with Crippen LogP contribution in [0.4, 0.5) is 5.00 Å². The molecule has 0 fully saturated rings. The number of thiophene rings is 1. The van der Waals surface area contributed by atoms with Gasteiger partial charge < -0.3 is 14.3 Å². The predicted molar refractivity (Wildman–Crippen MR) is 108 cm³/mol. The molecule has 0 radical (unpaired) electrons. The molecule has 0 spiro atoms. The summed E-state index contributed by atoms with van der Waals surface area (Å²) in [6, 6.07) is 9.32. The SMILES string of the molecule is CCOC(=O)c1c(/N=C/c2nc(-c3ccccc3)oc2O)sc2c1CCCC2. The van der Waals surface area contributed by atoms with Gasteiger partial charge in [-0.3, -0.25) is 0 Å². The quantitative estimate of drug-likeness (QED) is 0.489. The van der Waals surface area contributed by atoms with Crippen molar-refractivity contribution in [1.82, 2.24) is 4.98 Å². The standard InChI is InChI=1S/C21H20N2O4S/c1-2-26-21(25)17-14-10-6-7-11-16(14)28-19(17)22-12-15-20(24)27-18(23-15)13-8-4-3-5-9-13/h3-5,8-9,12,24H,2,6-7,10-11H2,1H3/b22-12+. The number of ether oxygens (including phenoxy) is 1. The Morgan fingerprint density at radius 2 is 2.11 bits per heavy atom. The van der Waals surface area contributed by atoms with Gasteiger partial charge in [0.15, 0.2) is 5.69 Å². The van der Waals surface area contributed by atoms with Crippen molar-refractivity contribution in [3.05, 3.63) is 52.0 Å². The summed E-state index contributed by atoms with van der Waals surface area (Å²) < 4.78 is 10.6. The van der Waals surface area contributed by atoms with Gasteiger partial charge in [-0.25, -0.2) is 14.8 Å². The molecule has 28 heavy (non-hydrogen) atoms. The molecule has 6 nitrogen and oxygen atoms in total. The Kier molecular flexibility index (Phi) is 5.25. The number of aromatic nitrogens is 1. The van der Waals surface area contributed by atoms with Crippen molar-refractivity contribution in [2.75, 3.05) is 6.61 Å². The molecule has 0 atom stereocenters. The van der Waals surface area contributed by atoms with Gasteiger partial charge in [-0.15, -0.1) is 11.3 Å². The molecule has 0 aliphatic heterocycles. The first-order valence-corrected chi connectivity index (χ1v) is 10.1. The smallest absolute Gasteiger partial charge is 0.341 e. The maximum absolute atomic E-state index is 12.5. The summed E-state index contributed by atoms with van der Waals surface area (Å²) in [4.78, 5) is 22.5. The number of aliphatic imine (C=N–C) groups is 1. The molecule has 0 bridgehead atoms. The average molecular weight is 396 g/mol. The van der Waals surface area contributed by atoms with Crippen LogP contribution in [0.15, 0.2) is 39.7 Å². The number of hydrogen-bond donors (Lipinski definition) is 1. The van der Waals surface area contributed by atoms with Crippen LogP contribution in [-0.2, 0) is 17.6 Å². The van der Waals surface area contributed by atoms with Crippen LogP contribution >= 0.6 is 11.3 Å². The highest BCUT2D eigenvalue weighted by Gasteiger charge is 2.26. The number of rotatable bonds is 5.